The average molecular weight is 354 g/mol. The highest BCUT2D eigenvalue weighted by atomic mass is 35.5. The van der Waals surface area contributed by atoms with Crippen molar-refractivity contribution in [2.45, 2.75) is 19.0 Å². The van der Waals surface area contributed by atoms with E-state index in [2.05, 4.69) is 10.3 Å². The molecule has 0 saturated carbocycles. The number of nitrogen functional groups attached to an aromatic ring is 1. The summed E-state index contributed by atoms with van der Waals surface area (Å²) < 4.78 is 4.85. The normalized spacial score (nSPS) is 12.0. The van der Waals surface area contributed by atoms with E-state index in [-0.39, 0.29) is 5.97 Å². The van der Waals surface area contributed by atoms with Gasteiger partial charge in [0.1, 0.15) is 6.04 Å². The Kier molecular flexibility index (Phi) is 6.21. The molecule has 0 fully saturated rings. The Balaban J connectivity index is 2.10. The molecular formula is C16H17Cl2N3O2. The van der Waals surface area contributed by atoms with Gasteiger partial charge in [-0.3, -0.25) is 15.1 Å². The van der Waals surface area contributed by atoms with Crippen LogP contribution in [-0.2, 0) is 22.5 Å². The Morgan fingerprint density at radius 1 is 1.26 bits per heavy atom. The fraction of sp³-hybridized carbons (Fsp3) is 0.250. The second-order valence-corrected chi connectivity index (χ2v) is 5.80. The van der Waals surface area contributed by atoms with Crippen LogP contribution >= 0.6 is 23.2 Å². The lowest BCUT2D eigenvalue weighted by molar-refractivity contribution is -0.143. The maximum atomic E-state index is 12.0. The Morgan fingerprint density at radius 2 is 1.87 bits per heavy atom. The molecule has 0 radical (unpaired) electrons. The van der Waals surface area contributed by atoms with Gasteiger partial charge < -0.3 is 10.5 Å². The second kappa shape index (κ2) is 8.15. The second-order valence-electron chi connectivity index (χ2n) is 4.98. The number of carbonyl (C=O) groups excluding carboxylic acids is 1. The summed E-state index contributed by atoms with van der Waals surface area (Å²) in [5, 5.41) is 4.02. The molecule has 0 unspecified atom stereocenters. The maximum absolute atomic E-state index is 12.0. The number of aromatic nitrogens is 1. The number of nitrogens with two attached hydrogens (primary N) is 1. The number of benzene rings is 1. The third-order valence-corrected chi connectivity index (χ3v) is 4.03. The van der Waals surface area contributed by atoms with E-state index in [1.54, 1.807) is 12.1 Å². The van der Waals surface area contributed by atoms with Gasteiger partial charge in [-0.15, -0.1) is 0 Å². The first-order valence-corrected chi connectivity index (χ1v) is 7.70. The van der Waals surface area contributed by atoms with Crippen LogP contribution in [0.15, 0.2) is 36.7 Å². The van der Waals surface area contributed by atoms with Crippen LogP contribution in [0.5, 0.6) is 0 Å². The zero-order valence-corrected chi connectivity index (χ0v) is 14.1. The first-order valence-electron chi connectivity index (χ1n) is 6.94. The van der Waals surface area contributed by atoms with Crippen LogP contribution in [0.3, 0.4) is 0 Å². The van der Waals surface area contributed by atoms with E-state index in [9.17, 15) is 4.79 Å². The molecule has 3 N–H and O–H groups in total. The fourth-order valence-electron chi connectivity index (χ4n) is 2.10. The van der Waals surface area contributed by atoms with Gasteiger partial charge >= 0.3 is 5.97 Å². The summed E-state index contributed by atoms with van der Waals surface area (Å²) in [6.07, 6.45) is 3.49. The zero-order valence-electron chi connectivity index (χ0n) is 12.6. The molecule has 0 bridgehead atoms. The Hall–Kier alpha value is -1.82. The van der Waals surface area contributed by atoms with Crippen LogP contribution in [0.4, 0.5) is 5.69 Å². The Bertz CT molecular complexity index is 657. The van der Waals surface area contributed by atoms with Crippen molar-refractivity contribution in [1.29, 1.82) is 0 Å². The molecule has 0 saturated heterocycles. The van der Waals surface area contributed by atoms with Crippen LogP contribution < -0.4 is 11.1 Å². The highest BCUT2D eigenvalue weighted by Crippen LogP contribution is 2.22. The minimum Gasteiger partial charge on any atom is -0.468 e. The highest BCUT2D eigenvalue weighted by Gasteiger charge is 2.20. The van der Waals surface area contributed by atoms with Gasteiger partial charge in [0.2, 0.25) is 0 Å². The summed E-state index contributed by atoms with van der Waals surface area (Å²) in [7, 11) is 1.35. The van der Waals surface area contributed by atoms with Crippen molar-refractivity contribution in [3.05, 3.63) is 57.8 Å². The van der Waals surface area contributed by atoms with Crippen molar-refractivity contribution in [3.63, 3.8) is 0 Å². The van der Waals surface area contributed by atoms with E-state index in [0.29, 0.717) is 34.3 Å². The van der Waals surface area contributed by atoms with Crippen molar-refractivity contribution in [2.24, 2.45) is 0 Å². The largest absolute Gasteiger partial charge is 0.468 e. The molecular weight excluding hydrogens is 337 g/mol. The van der Waals surface area contributed by atoms with Gasteiger partial charge in [0, 0.05) is 30.2 Å². The van der Waals surface area contributed by atoms with Crippen LogP contribution in [-0.4, -0.2) is 24.1 Å². The number of ether oxygens (including phenoxy) is 1. The summed E-state index contributed by atoms with van der Waals surface area (Å²) in [4.78, 5) is 15.9. The lowest BCUT2D eigenvalue weighted by Gasteiger charge is -2.17. The fourth-order valence-corrected chi connectivity index (χ4v) is 2.60. The summed E-state index contributed by atoms with van der Waals surface area (Å²) in [5.41, 5.74) is 8.00. The quantitative estimate of drug-likeness (QED) is 0.616. The Morgan fingerprint density at radius 3 is 2.43 bits per heavy atom. The number of anilines is 1. The number of pyridine rings is 1. The number of carbonyl (C=O) groups is 1. The minimum absolute atomic E-state index is 0.328. The van der Waals surface area contributed by atoms with Crippen LogP contribution in [0.1, 0.15) is 11.1 Å². The van der Waals surface area contributed by atoms with Gasteiger partial charge in [0.05, 0.1) is 17.2 Å². The predicted molar refractivity (Wildman–Crippen MR) is 91.5 cm³/mol. The van der Waals surface area contributed by atoms with Gasteiger partial charge in [-0.05, 0) is 24.1 Å². The molecule has 0 spiro atoms. The summed E-state index contributed by atoms with van der Waals surface area (Å²) in [6.45, 7) is 0.328. The van der Waals surface area contributed by atoms with Crippen LogP contribution in [0.25, 0.3) is 0 Å². The molecule has 1 atom stereocenters. The molecule has 23 heavy (non-hydrogen) atoms. The molecule has 5 nitrogen and oxygen atoms in total. The summed E-state index contributed by atoms with van der Waals surface area (Å²) in [5.74, 6) is -0.358. The number of rotatable bonds is 6. The van der Waals surface area contributed by atoms with E-state index >= 15 is 0 Å². The smallest absolute Gasteiger partial charge is 0.323 e. The van der Waals surface area contributed by atoms with Gasteiger partial charge in [-0.1, -0.05) is 35.3 Å². The van der Waals surface area contributed by atoms with Crippen LogP contribution in [0, 0.1) is 0 Å². The number of methoxy groups -OCH3 is 1. The maximum Gasteiger partial charge on any atom is 0.323 e. The van der Waals surface area contributed by atoms with Crippen molar-refractivity contribution < 1.29 is 9.53 Å². The van der Waals surface area contributed by atoms with E-state index in [0.717, 1.165) is 5.56 Å². The number of nitrogens with zero attached hydrogens (tertiary/aromatic N) is 1. The number of esters is 1. The topological polar surface area (TPSA) is 77.2 Å². The van der Waals surface area contributed by atoms with E-state index in [1.165, 1.54) is 19.5 Å². The molecule has 7 heteroatoms. The van der Waals surface area contributed by atoms with Gasteiger partial charge in [-0.2, -0.15) is 0 Å². The molecule has 0 amide bonds. The third-order valence-electron chi connectivity index (χ3n) is 3.38. The number of hydrogen-bond donors (Lipinski definition) is 2. The van der Waals surface area contributed by atoms with E-state index in [4.69, 9.17) is 33.7 Å². The van der Waals surface area contributed by atoms with Gasteiger partial charge in [-0.25, -0.2) is 0 Å². The van der Waals surface area contributed by atoms with Gasteiger partial charge in [0.15, 0.2) is 0 Å². The standard InChI is InChI=1S/C16H17Cl2N3O2/c1-23-16(22)15(6-10-2-4-11(19)5-3-10)21-7-12-13(17)8-20-9-14(12)18/h2-5,8-9,15,21H,6-7,19H2,1H3/t15-/m0/s1. The zero-order chi connectivity index (χ0) is 16.8. The van der Waals surface area contributed by atoms with Crippen molar-refractivity contribution in [2.75, 3.05) is 12.8 Å². The first-order chi connectivity index (χ1) is 11.0. The van der Waals surface area contributed by atoms with Gasteiger partial charge in [0.25, 0.3) is 0 Å². The molecule has 122 valence electrons. The first kappa shape index (κ1) is 17.5. The van der Waals surface area contributed by atoms with E-state index < -0.39 is 6.04 Å². The summed E-state index contributed by atoms with van der Waals surface area (Å²) in [6, 6.07) is 6.81. The van der Waals surface area contributed by atoms with Crippen molar-refractivity contribution >= 4 is 34.9 Å². The number of halogens is 2. The molecule has 1 aromatic carbocycles. The number of nitrogens with one attached hydrogen (secondary N) is 1. The molecule has 0 aliphatic carbocycles. The van der Waals surface area contributed by atoms with Crippen molar-refractivity contribution in [1.82, 2.24) is 10.3 Å². The third kappa shape index (κ3) is 4.82. The minimum atomic E-state index is -0.524. The molecule has 0 aliphatic rings. The molecule has 1 aromatic heterocycles. The highest BCUT2D eigenvalue weighted by molar-refractivity contribution is 6.35. The summed E-state index contributed by atoms with van der Waals surface area (Å²) >= 11 is 12.2. The van der Waals surface area contributed by atoms with E-state index in [1.807, 2.05) is 12.1 Å². The van der Waals surface area contributed by atoms with Crippen molar-refractivity contribution in [3.8, 4) is 0 Å². The van der Waals surface area contributed by atoms with Crippen LogP contribution in [0.2, 0.25) is 10.0 Å². The number of hydrogen-bond acceptors (Lipinski definition) is 5. The molecule has 1 heterocycles. The average Bonchev–Trinajstić information content (AvgIpc) is 2.54. The Labute approximate surface area is 144 Å². The lowest BCUT2D eigenvalue weighted by atomic mass is 10.1. The molecule has 2 aromatic rings. The predicted octanol–water partition coefficient (Wildman–Crippen LogP) is 2.84. The lowest BCUT2D eigenvalue weighted by Crippen LogP contribution is -2.39. The SMILES string of the molecule is COC(=O)[C@H](Cc1ccc(N)cc1)NCc1c(Cl)cncc1Cl. The molecule has 0 aliphatic heterocycles. The molecule has 2 rings (SSSR count). The monoisotopic (exact) mass is 353 g/mol.